The van der Waals surface area contributed by atoms with Crippen LogP contribution in [0.25, 0.3) is 10.9 Å². The minimum Gasteiger partial charge on any atom is -0.327 e. The Kier molecular flexibility index (Phi) is 3.33. The molecule has 0 aliphatic rings. The summed E-state index contributed by atoms with van der Waals surface area (Å²) in [4.78, 5) is 11.3. The van der Waals surface area contributed by atoms with Crippen LogP contribution < -0.4 is 0 Å². The average Bonchev–Trinajstić information content (AvgIpc) is 2.72. The Morgan fingerprint density at radius 2 is 1.90 bits per heavy atom. The molecule has 20 heavy (non-hydrogen) atoms. The number of benzene rings is 2. The Hall–Kier alpha value is -2.06. The van der Waals surface area contributed by atoms with Gasteiger partial charge in [-0.15, -0.1) is 0 Å². The molecule has 3 aromatic rings. The molecule has 0 saturated heterocycles. The van der Waals surface area contributed by atoms with Crippen molar-refractivity contribution < 1.29 is 4.79 Å². The van der Waals surface area contributed by atoms with E-state index in [1.807, 2.05) is 41.8 Å². The third kappa shape index (κ3) is 2.12. The van der Waals surface area contributed by atoms with Gasteiger partial charge in [-0.2, -0.15) is 0 Å². The summed E-state index contributed by atoms with van der Waals surface area (Å²) < 4.78 is 1.99. The van der Waals surface area contributed by atoms with Crippen molar-refractivity contribution in [3.63, 3.8) is 0 Å². The second kappa shape index (κ2) is 5.14. The number of carbonyl (C=O) groups excluding carboxylic acids is 1. The molecule has 1 heterocycles. The van der Waals surface area contributed by atoms with Crippen LogP contribution in [0.15, 0.2) is 48.5 Å². The predicted molar refractivity (Wildman–Crippen MR) is 82.6 cm³/mol. The molecule has 0 aliphatic carbocycles. The van der Waals surface area contributed by atoms with Crippen molar-refractivity contribution in [2.24, 2.45) is 0 Å². The molecular weight excluding hydrogens is 270 g/mol. The third-order valence-electron chi connectivity index (χ3n) is 3.49. The highest BCUT2D eigenvalue weighted by atomic mass is 35.5. The number of rotatable bonds is 3. The van der Waals surface area contributed by atoms with Gasteiger partial charge in [0, 0.05) is 11.9 Å². The summed E-state index contributed by atoms with van der Waals surface area (Å²) in [5.41, 5.74) is 3.88. The summed E-state index contributed by atoms with van der Waals surface area (Å²) in [5.74, 6) is 0. The first kappa shape index (κ1) is 12.9. The molecule has 0 N–H and O–H groups in total. The Bertz CT molecular complexity index is 775. The molecule has 2 nitrogen and oxygen atoms in total. The van der Waals surface area contributed by atoms with Crippen molar-refractivity contribution in [1.82, 2.24) is 4.57 Å². The second-order valence-corrected chi connectivity index (χ2v) is 5.27. The summed E-state index contributed by atoms with van der Waals surface area (Å²) in [6, 6.07) is 16.1. The molecule has 100 valence electrons. The summed E-state index contributed by atoms with van der Waals surface area (Å²) >= 11 is 6.39. The molecule has 3 rings (SSSR count). The molecule has 0 atom stereocenters. The van der Waals surface area contributed by atoms with E-state index in [0.29, 0.717) is 17.3 Å². The van der Waals surface area contributed by atoms with Gasteiger partial charge in [0.1, 0.15) is 5.15 Å². The first-order valence-electron chi connectivity index (χ1n) is 6.48. The largest absolute Gasteiger partial charge is 0.327 e. The van der Waals surface area contributed by atoms with Crippen LogP contribution in [-0.4, -0.2) is 10.9 Å². The van der Waals surface area contributed by atoms with Crippen molar-refractivity contribution >= 4 is 28.8 Å². The van der Waals surface area contributed by atoms with Gasteiger partial charge < -0.3 is 4.57 Å². The molecule has 0 spiro atoms. The highest BCUT2D eigenvalue weighted by Crippen LogP contribution is 2.30. The fourth-order valence-electron chi connectivity index (χ4n) is 2.49. The molecule has 0 amide bonds. The van der Waals surface area contributed by atoms with Crippen LogP contribution in [-0.2, 0) is 6.54 Å². The molecule has 0 unspecified atom stereocenters. The molecular formula is C17H14ClNO. The number of aryl methyl sites for hydroxylation is 1. The number of hydrogen-bond acceptors (Lipinski definition) is 1. The summed E-state index contributed by atoms with van der Waals surface area (Å²) in [6.45, 7) is 2.70. The lowest BCUT2D eigenvalue weighted by molar-refractivity contribution is 0.112. The van der Waals surface area contributed by atoms with Crippen LogP contribution in [0, 0.1) is 6.92 Å². The standard InChI is InChI=1S/C17H14ClNO/c1-12-7-8-14-15(11-20)17(18)19(16(14)9-12)10-13-5-3-2-4-6-13/h2-9,11H,10H2,1H3. The third-order valence-corrected chi connectivity index (χ3v) is 3.90. The minimum absolute atomic E-state index is 0.504. The van der Waals surface area contributed by atoms with Crippen LogP contribution in [0.3, 0.4) is 0 Å². The van der Waals surface area contributed by atoms with E-state index in [9.17, 15) is 4.79 Å². The molecule has 0 bridgehead atoms. The van der Waals surface area contributed by atoms with Gasteiger partial charge in [-0.25, -0.2) is 0 Å². The summed E-state index contributed by atoms with van der Waals surface area (Å²) in [5, 5.41) is 1.41. The summed E-state index contributed by atoms with van der Waals surface area (Å²) in [7, 11) is 0. The van der Waals surface area contributed by atoms with E-state index in [1.165, 1.54) is 0 Å². The lowest BCUT2D eigenvalue weighted by Crippen LogP contribution is -1.99. The van der Waals surface area contributed by atoms with Gasteiger partial charge in [0.15, 0.2) is 6.29 Å². The monoisotopic (exact) mass is 283 g/mol. The Balaban J connectivity index is 2.21. The van der Waals surface area contributed by atoms with Crippen LogP contribution in [0.4, 0.5) is 0 Å². The van der Waals surface area contributed by atoms with E-state index in [4.69, 9.17) is 11.6 Å². The Morgan fingerprint density at radius 3 is 2.60 bits per heavy atom. The highest BCUT2D eigenvalue weighted by molar-refractivity contribution is 6.34. The second-order valence-electron chi connectivity index (χ2n) is 4.91. The van der Waals surface area contributed by atoms with Crippen molar-refractivity contribution in [3.8, 4) is 0 Å². The zero-order valence-corrected chi connectivity index (χ0v) is 11.9. The fourth-order valence-corrected chi connectivity index (χ4v) is 2.78. The number of halogens is 1. The zero-order chi connectivity index (χ0) is 14.1. The maximum Gasteiger partial charge on any atom is 0.153 e. The molecule has 0 aliphatic heterocycles. The molecule has 0 fully saturated rings. The maximum atomic E-state index is 11.3. The van der Waals surface area contributed by atoms with Gasteiger partial charge in [-0.1, -0.05) is 54.1 Å². The number of aldehydes is 1. The predicted octanol–water partition coefficient (Wildman–Crippen LogP) is 4.46. The highest BCUT2D eigenvalue weighted by Gasteiger charge is 2.15. The number of fused-ring (bicyclic) bond motifs is 1. The molecule has 0 radical (unpaired) electrons. The van der Waals surface area contributed by atoms with Gasteiger partial charge in [-0.05, 0) is 24.1 Å². The topological polar surface area (TPSA) is 22.0 Å². The van der Waals surface area contributed by atoms with E-state index in [0.717, 1.165) is 28.3 Å². The number of carbonyl (C=O) groups is 1. The van der Waals surface area contributed by atoms with Gasteiger partial charge in [0.2, 0.25) is 0 Å². The van der Waals surface area contributed by atoms with E-state index in [2.05, 4.69) is 18.2 Å². The number of aromatic nitrogens is 1. The summed E-state index contributed by atoms with van der Waals surface area (Å²) in [6.07, 6.45) is 0.835. The lowest BCUT2D eigenvalue weighted by Gasteiger charge is -2.07. The molecule has 2 aromatic carbocycles. The zero-order valence-electron chi connectivity index (χ0n) is 11.1. The minimum atomic E-state index is 0.504. The SMILES string of the molecule is Cc1ccc2c(C=O)c(Cl)n(Cc3ccccc3)c2c1. The molecule has 1 aromatic heterocycles. The van der Waals surface area contributed by atoms with E-state index in [-0.39, 0.29) is 0 Å². The normalized spacial score (nSPS) is 10.9. The van der Waals surface area contributed by atoms with E-state index >= 15 is 0 Å². The van der Waals surface area contributed by atoms with Gasteiger partial charge in [0.05, 0.1) is 11.1 Å². The first-order valence-corrected chi connectivity index (χ1v) is 6.86. The Labute approximate surface area is 122 Å². The van der Waals surface area contributed by atoms with Crippen LogP contribution in [0.1, 0.15) is 21.5 Å². The van der Waals surface area contributed by atoms with Crippen LogP contribution in [0.2, 0.25) is 5.15 Å². The smallest absolute Gasteiger partial charge is 0.153 e. The average molecular weight is 284 g/mol. The van der Waals surface area contributed by atoms with E-state index < -0.39 is 0 Å². The van der Waals surface area contributed by atoms with Crippen molar-refractivity contribution in [1.29, 1.82) is 0 Å². The maximum absolute atomic E-state index is 11.3. The van der Waals surface area contributed by atoms with Crippen molar-refractivity contribution in [2.75, 3.05) is 0 Å². The van der Waals surface area contributed by atoms with Gasteiger partial charge in [-0.3, -0.25) is 4.79 Å². The molecule has 0 saturated carbocycles. The van der Waals surface area contributed by atoms with Crippen molar-refractivity contribution in [3.05, 3.63) is 70.4 Å². The van der Waals surface area contributed by atoms with Crippen LogP contribution in [0.5, 0.6) is 0 Å². The fraction of sp³-hybridized carbons (Fsp3) is 0.118. The van der Waals surface area contributed by atoms with Gasteiger partial charge >= 0.3 is 0 Å². The Morgan fingerprint density at radius 1 is 1.15 bits per heavy atom. The van der Waals surface area contributed by atoms with Crippen molar-refractivity contribution in [2.45, 2.75) is 13.5 Å². The number of nitrogens with zero attached hydrogens (tertiary/aromatic N) is 1. The van der Waals surface area contributed by atoms with E-state index in [1.54, 1.807) is 0 Å². The number of hydrogen-bond donors (Lipinski definition) is 0. The first-order chi connectivity index (χ1) is 9.70. The quantitative estimate of drug-likeness (QED) is 0.650. The molecule has 3 heteroatoms. The lowest BCUT2D eigenvalue weighted by atomic mass is 10.1. The van der Waals surface area contributed by atoms with Gasteiger partial charge in [0.25, 0.3) is 0 Å². The van der Waals surface area contributed by atoms with Crippen LogP contribution >= 0.6 is 11.6 Å².